The zero-order chi connectivity index (χ0) is 54.9. The largest absolute Gasteiger partial charge is 0.459 e. The van der Waals surface area contributed by atoms with Gasteiger partial charge in [0.15, 0.2) is 12.6 Å². The Bertz CT molecular complexity index is 2040. The van der Waals surface area contributed by atoms with E-state index in [0.717, 1.165) is 55.5 Å². The normalized spacial score (nSPS) is 38.3. The van der Waals surface area contributed by atoms with Gasteiger partial charge in [-0.1, -0.05) is 69.5 Å². The summed E-state index contributed by atoms with van der Waals surface area (Å²) in [6, 6.07) is 7.07. The molecule has 3 saturated heterocycles. The Balaban J connectivity index is 1.38. The van der Waals surface area contributed by atoms with Gasteiger partial charge in [0.1, 0.15) is 35.7 Å². The van der Waals surface area contributed by atoms with E-state index in [-0.39, 0.29) is 37.2 Å². The number of hydrogen-bond acceptors (Lipinski definition) is 18. The predicted octanol–water partition coefficient (Wildman–Crippen LogP) is 4.58. The number of hydroxylamine groups is 1. The number of unbranched alkanes of at least 4 members (excludes halogenated alkanes) is 4. The molecule has 0 radical (unpaired) electrons. The third-order valence-electron chi connectivity index (χ3n) is 16.2. The fourth-order valence-corrected chi connectivity index (χ4v) is 11.5. The van der Waals surface area contributed by atoms with Gasteiger partial charge in [-0.05, 0) is 106 Å². The summed E-state index contributed by atoms with van der Waals surface area (Å²) < 4.78 is 40.2. The number of nitrogens with one attached hydrogen (secondary N) is 1. The van der Waals surface area contributed by atoms with Crippen molar-refractivity contribution in [1.29, 1.82) is 0 Å². The van der Waals surface area contributed by atoms with E-state index < -0.39 is 102 Å². The van der Waals surface area contributed by atoms with Crippen molar-refractivity contribution < 1.29 is 68.8 Å². The smallest absolute Gasteiger partial charge is 0.311 e. The summed E-state index contributed by atoms with van der Waals surface area (Å²) in [6.45, 7) is 19.2. The van der Waals surface area contributed by atoms with Crippen LogP contribution in [0.3, 0.4) is 0 Å². The predicted molar refractivity (Wildman–Crippen MR) is 275 cm³/mol. The molecular weight excluding hydrogens is 957 g/mol. The van der Waals surface area contributed by atoms with Gasteiger partial charge in [0.2, 0.25) is 5.91 Å². The first kappa shape index (κ1) is 61.6. The highest BCUT2D eigenvalue weighted by Gasteiger charge is 2.53. The lowest BCUT2D eigenvalue weighted by Crippen LogP contribution is -2.60. The van der Waals surface area contributed by atoms with Crippen LogP contribution in [0, 0.1) is 17.8 Å². The molecule has 3 aliphatic heterocycles. The highest BCUT2D eigenvalue weighted by molar-refractivity contribution is 5.74. The summed E-state index contributed by atoms with van der Waals surface area (Å²) in [6.07, 6.45) is -2.29. The Hall–Kier alpha value is -3.22. The average molecular weight is 1050 g/mol. The summed E-state index contributed by atoms with van der Waals surface area (Å²) in [5.41, 5.74) is -0.190. The van der Waals surface area contributed by atoms with Crippen LogP contribution in [0.1, 0.15) is 139 Å². The third-order valence-corrected chi connectivity index (χ3v) is 16.2. The first-order valence-corrected chi connectivity index (χ1v) is 27.0. The van der Waals surface area contributed by atoms with E-state index in [4.69, 9.17) is 33.6 Å². The second kappa shape index (κ2) is 26.9. The van der Waals surface area contributed by atoms with Crippen LogP contribution in [0.4, 0.5) is 0 Å². The van der Waals surface area contributed by atoms with E-state index in [1.807, 2.05) is 74.9 Å². The monoisotopic (exact) mass is 1050 g/mol. The molecule has 20 nitrogen and oxygen atoms in total. The van der Waals surface area contributed by atoms with Crippen LogP contribution in [0.25, 0.3) is 11.3 Å². The van der Waals surface area contributed by atoms with E-state index in [1.54, 1.807) is 47.0 Å². The number of nitrogens with zero attached hydrogens (tertiary/aromatic N) is 5. The molecule has 422 valence electrons. The second-order valence-corrected chi connectivity index (χ2v) is 22.7. The number of ether oxygens (including phenoxy) is 6. The van der Waals surface area contributed by atoms with Crippen LogP contribution in [-0.4, -0.2) is 185 Å². The minimum Gasteiger partial charge on any atom is -0.459 e. The van der Waals surface area contributed by atoms with Crippen molar-refractivity contribution in [2.24, 2.45) is 17.8 Å². The van der Waals surface area contributed by atoms with Crippen LogP contribution in [0.5, 0.6) is 0 Å². The molecule has 5 rings (SSSR count). The van der Waals surface area contributed by atoms with E-state index in [0.29, 0.717) is 25.9 Å². The van der Waals surface area contributed by atoms with Gasteiger partial charge in [-0.15, -0.1) is 5.10 Å². The molecule has 18 atom stereocenters. The lowest BCUT2D eigenvalue weighted by atomic mass is 9.77. The molecule has 1 amide bonds. The molecular formula is C54H92N6O14. The van der Waals surface area contributed by atoms with Crippen LogP contribution in [0.2, 0.25) is 0 Å². The molecule has 3 aliphatic rings. The van der Waals surface area contributed by atoms with E-state index in [2.05, 4.69) is 15.2 Å². The number of carbonyl (C=O) groups excluding carboxylic acids is 2. The van der Waals surface area contributed by atoms with Crippen molar-refractivity contribution in [3.8, 4) is 11.3 Å². The van der Waals surface area contributed by atoms with Gasteiger partial charge in [0.25, 0.3) is 0 Å². The number of hydrogen-bond donors (Lipinski definition) is 7. The molecule has 0 spiro atoms. The van der Waals surface area contributed by atoms with Gasteiger partial charge in [-0.3, -0.25) is 24.4 Å². The maximum Gasteiger partial charge on any atom is 0.311 e. The number of aliphatic hydroxyl groups is 5. The Kier molecular flexibility index (Phi) is 22.4. The Morgan fingerprint density at radius 2 is 1.59 bits per heavy atom. The molecule has 1 aromatic carbocycles. The number of aromatic nitrogens is 3. The van der Waals surface area contributed by atoms with Crippen molar-refractivity contribution in [2.45, 2.75) is 237 Å². The minimum absolute atomic E-state index is 0.0992. The Morgan fingerprint density at radius 3 is 2.24 bits per heavy atom. The summed E-state index contributed by atoms with van der Waals surface area (Å²) in [5.74, 6) is -3.15. The van der Waals surface area contributed by atoms with Crippen molar-refractivity contribution in [3.63, 3.8) is 0 Å². The van der Waals surface area contributed by atoms with E-state index in [1.165, 1.54) is 14.0 Å². The number of carbonyl (C=O) groups is 2. The van der Waals surface area contributed by atoms with Gasteiger partial charge in [-0.2, -0.15) is 0 Å². The van der Waals surface area contributed by atoms with Crippen molar-refractivity contribution in [2.75, 3.05) is 27.7 Å². The fraction of sp³-hybridized carbons (Fsp3) is 0.815. The highest BCUT2D eigenvalue weighted by Crippen LogP contribution is 2.40. The van der Waals surface area contributed by atoms with E-state index in [9.17, 15) is 35.1 Å². The number of likely N-dealkylation sites (N-methyl/N-ethyl adjacent to an activating group) is 2. The standard InChI is InChI=1S/C54H92N6O14/c1-14-42-54(10,67)47(63)36(6)58(11)29-32(2)27-52(8,66)49(34(4)46(35(5)50(65)72-42)73-44-28-53(9,69-13)48(64)37(7)71-44)74-51-45(62)41(26-33(3)70-51)59(12)30-38-21-23-39(24-22-38)40-31-60(57-55-40)25-19-17-15-16-18-20-43(61)56-68/h21-24,31-37,41-42,44-49,51,62-64,66-68H,14-20,25-30H2,1-13H3,(H,56,61)/t32-,33-,34+,35-,36-,37+,41+,42-,44+,45-,46+,47-,48+,49-,51+,52-,53-,54-/m1/s1. The number of aryl methyl sites for hydroxylation is 1. The molecule has 4 heterocycles. The zero-order valence-corrected chi connectivity index (χ0v) is 46.4. The van der Waals surface area contributed by atoms with E-state index >= 15 is 0 Å². The molecule has 7 N–H and O–H groups in total. The van der Waals surface area contributed by atoms with Gasteiger partial charge in [-0.25, -0.2) is 5.48 Å². The number of amides is 1. The van der Waals surface area contributed by atoms with Crippen LogP contribution in [-0.2, 0) is 51.1 Å². The number of cyclic esters (lactones) is 1. The summed E-state index contributed by atoms with van der Waals surface area (Å²) in [7, 11) is 5.29. The zero-order valence-electron chi connectivity index (χ0n) is 46.4. The molecule has 2 aromatic rings. The number of benzene rings is 1. The second-order valence-electron chi connectivity index (χ2n) is 22.7. The number of rotatable bonds is 18. The molecule has 0 bridgehead atoms. The van der Waals surface area contributed by atoms with Crippen LogP contribution in [0.15, 0.2) is 30.5 Å². The average Bonchev–Trinajstić information content (AvgIpc) is 3.83. The molecule has 74 heavy (non-hydrogen) atoms. The summed E-state index contributed by atoms with van der Waals surface area (Å²) in [5, 5.41) is 77.2. The van der Waals surface area contributed by atoms with Crippen molar-refractivity contribution >= 4 is 11.9 Å². The first-order valence-electron chi connectivity index (χ1n) is 27.0. The summed E-state index contributed by atoms with van der Waals surface area (Å²) >= 11 is 0. The fourth-order valence-electron chi connectivity index (χ4n) is 11.5. The highest BCUT2D eigenvalue weighted by atomic mass is 16.7. The van der Waals surface area contributed by atoms with Crippen molar-refractivity contribution in [3.05, 3.63) is 36.0 Å². The molecule has 0 saturated carbocycles. The Morgan fingerprint density at radius 1 is 0.932 bits per heavy atom. The lowest BCUT2D eigenvalue weighted by Gasteiger charge is -2.49. The Labute approximate surface area is 439 Å². The van der Waals surface area contributed by atoms with Gasteiger partial charge in [0.05, 0.1) is 47.7 Å². The summed E-state index contributed by atoms with van der Waals surface area (Å²) in [4.78, 5) is 29.7. The number of aliphatic hydroxyl groups excluding tert-OH is 3. The topological polar surface area (TPSA) is 260 Å². The van der Waals surface area contributed by atoms with Gasteiger partial charge >= 0.3 is 5.97 Å². The molecule has 20 heteroatoms. The van der Waals surface area contributed by atoms with Crippen LogP contribution >= 0.6 is 0 Å². The number of methoxy groups -OCH3 is 1. The molecule has 0 aliphatic carbocycles. The van der Waals surface area contributed by atoms with Gasteiger partial charge < -0.3 is 58.9 Å². The molecule has 1 aromatic heterocycles. The third kappa shape index (κ3) is 15.5. The van der Waals surface area contributed by atoms with Crippen molar-refractivity contribution in [1.82, 2.24) is 30.3 Å². The SMILES string of the molecule is CC[C@H]1OC(=O)[C@H](C)[C@@H](O[C@H]2C[C@@](C)(OC)[C@@H](O)[C@H](C)O2)[C@H](C)[C@@H](O[C@@H]2O[C@H](C)C[C@H](N(C)Cc3ccc(-c4cn(CCCCCCCC(=O)NO)nn4)cc3)[C@H]2O)[C@](C)(O)C[C@@H](C)CN(C)[C@H](C)[C@@H](O)[C@]1(C)O. The molecule has 0 unspecified atom stereocenters. The lowest BCUT2D eigenvalue weighted by molar-refractivity contribution is -0.318. The molecule has 3 fully saturated rings. The quantitative estimate of drug-likeness (QED) is 0.0467. The first-order chi connectivity index (χ1) is 34.8. The van der Waals surface area contributed by atoms with Crippen LogP contribution < -0.4 is 5.48 Å². The maximum absolute atomic E-state index is 14.5. The maximum atomic E-state index is 14.5. The minimum atomic E-state index is -1.84. The van der Waals surface area contributed by atoms with Gasteiger partial charge in [0, 0.05) is 63.2 Å². The number of esters is 1.